The number of methoxy groups -OCH3 is 1. The van der Waals surface area contributed by atoms with E-state index in [-0.39, 0.29) is 17.5 Å². The molecule has 1 aromatic carbocycles. The maximum absolute atomic E-state index is 12.0. The van der Waals surface area contributed by atoms with Crippen LogP contribution in [0, 0.1) is 0 Å². The predicted molar refractivity (Wildman–Crippen MR) is 108 cm³/mol. The molecular weight excluding hydrogens is 344 g/mol. The van der Waals surface area contributed by atoms with E-state index in [4.69, 9.17) is 10.5 Å². The number of aromatic nitrogens is 2. The lowest BCUT2D eigenvalue weighted by atomic mass is 10.1. The third-order valence-electron chi connectivity index (χ3n) is 5.03. The molecule has 1 aromatic heterocycles. The first-order valence-electron chi connectivity index (χ1n) is 9.20. The summed E-state index contributed by atoms with van der Waals surface area (Å²) in [5.74, 6) is 0. The Bertz CT molecular complexity index is 855. The van der Waals surface area contributed by atoms with Crippen LogP contribution < -0.4 is 17.0 Å². The molecule has 0 aliphatic heterocycles. The molecule has 1 unspecified atom stereocenters. The molecule has 2 N–H and O–H groups in total. The molecular formula is C20H30N4O3. The summed E-state index contributed by atoms with van der Waals surface area (Å²) in [7, 11) is 4.90. The van der Waals surface area contributed by atoms with Gasteiger partial charge in [-0.05, 0) is 43.9 Å². The molecule has 0 bridgehead atoms. The number of rotatable bonds is 9. The fourth-order valence-corrected chi connectivity index (χ4v) is 3.06. The Morgan fingerprint density at radius 1 is 1.07 bits per heavy atom. The molecule has 1 atom stereocenters. The Hall–Kier alpha value is -2.38. The van der Waals surface area contributed by atoms with Crippen molar-refractivity contribution in [1.82, 2.24) is 14.0 Å². The van der Waals surface area contributed by atoms with Crippen LogP contribution in [0.25, 0.3) is 0 Å². The largest absolute Gasteiger partial charge is 0.399 e. The SMILES string of the molecule is COC(C)N(CCCc1cc(=O)n(C)c(=O)n1C)CCc1ccc(N)cc1. The summed E-state index contributed by atoms with van der Waals surface area (Å²) in [6, 6.07) is 9.45. The van der Waals surface area contributed by atoms with Crippen molar-refractivity contribution in [2.24, 2.45) is 14.1 Å². The molecule has 7 heteroatoms. The third kappa shape index (κ3) is 5.55. The molecule has 0 radical (unpaired) electrons. The molecule has 2 rings (SSSR count). The summed E-state index contributed by atoms with van der Waals surface area (Å²) in [5, 5.41) is 0. The predicted octanol–water partition coefficient (Wildman–Crippen LogP) is 1.14. The van der Waals surface area contributed by atoms with Gasteiger partial charge in [0, 0.05) is 51.7 Å². The average Bonchev–Trinajstić information content (AvgIpc) is 2.67. The average molecular weight is 374 g/mol. The number of anilines is 1. The van der Waals surface area contributed by atoms with Crippen LogP contribution in [0.5, 0.6) is 0 Å². The van der Waals surface area contributed by atoms with E-state index < -0.39 is 0 Å². The Morgan fingerprint density at radius 3 is 2.37 bits per heavy atom. The maximum atomic E-state index is 12.0. The fraction of sp³-hybridized carbons (Fsp3) is 0.500. The first kappa shape index (κ1) is 20.9. The molecule has 1 heterocycles. The molecule has 148 valence electrons. The Balaban J connectivity index is 1.97. The number of nitrogen functional groups attached to an aromatic ring is 1. The molecule has 7 nitrogen and oxygen atoms in total. The molecule has 0 saturated heterocycles. The van der Waals surface area contributed by atoms with E-state index in [2.05, 4.69) is 4.90 Å². The van der Waals surface area contributed by atoms with Gasteiger partial charge in [0.15, 0.2) is 0 Å². The van der Waals surface area contributed by atoms with E-state index in [1.54, 1.807) is 24.8 Å². The number of hydrogen-bond acceptors (Lipinski definition) is 5. The summed E-state index contributed by atoms with van der Waals surface area (Å²) < 4.78 is 8.16. The van der Waals surface area contributed by atoms with Gasteiger partial charge >= 0.3 is 5.69 Å². The number of aryl methyl sites for hydroxylation is 1. The van der Waals surface area contributed by atoms with Crippen molar-refractivity contribution in [3.8, 4) is 0 Å². The van der Waals surface area contributed by atoms with Gasteiger partial charge in [0.2, 0.25) is 0 Å². The maximum Gasteiger partial charge on any atom is 0.330 e. The van der Waals surface area contributed by atoms with Gasteiger partial charge in [0.25, 0.3) is 5.56 Å². The van der Waals surface area contributed by atoms with Crippen LogP contribution >= 0.6 is 0 Å². The highest BCUT2D eigenvalue weighted by atomic mass is 16.5. The van der Waals surface area contributed by atoms with E-state index in [9.17, 15) is 9.59 Å². The zero-order chi connectivity index (χ0) is 20.0. The van der Waals surface area contributed by atoms with E-state index in [0.29, 0.717) is 6.42 Å². The highest BCUT2D eigenvalue weighted by molar-refractivity contribution is 5.39. The number of hydrogen-bond donors (Lipinski definition) is 1. The number of nitrogens with zero attached hydrogens (tertiary/aromatic N) is 3. The molecule has 0 saturated carbocycles. The van der Waals surface area contributed by atoms with Gasteiger partial charge in [-0.15, -0.1) is 0 Å². The van der Waals surface area contributed by atoms with Gasteiger partial charge in [-0.25, -0.2) is 4.79 Å². The first-order chi connectivity index (χ1) is 12.8. The number of nitrogens with two attached hydrogens (primary N) is 1. The summed E-state index contributed by atoms with van der Waals surface area (Å²) in [6.45, 7) is 3.69. The topological polar surface area (TPSA) is 82.5 Å². The number of ether oxygens (including phenoxy) is 1. The van der Waals surface area contributed by atoms with E-state index in [1.807, 2.05) is 31.2 Å². The van der Waals surface area contributed by atoms with Crippen LogP contribution in [0.3, 0.4) is 0 Å². The van der Waals surface area contributed by atoms with Crippen molar-refractivity contribution in [3.63, 3.8) is 0 Å². The van der Waals surface area contributed by atoms with Crippen molar-refractivity contribution in [1.29, 1.82) is 0 Å². The van der Waals surface area contributed by atoms with Crippen LogP contribution in [0.1, 0.15) is 24.6 Å². The minimum atomic E-state index is -0.289. The molecule has 0 aliphatic carbocycles. The van der Waals surface area contributed by atoms with Gasteiger partial charge in [-0.1, -0.05) is 12.1 Å². The molecule has 2 aromatic rings. The minimum absolute atomic E-state index is 0.00811. The minimum Gasteiger partial charge on any atom is -0.399 e. The Morgan fingerprint density at radius 2 is 1.74 bits per heavy atom. The van der Waals surface area contributed by atoms with Gasteiger partial charge in [-0.3, -0.25) is 14.3 Å². The monoisotopic (exact) mass is 374 g/mol. The number of benzene rings is 1. The lowest BCUT2D eigenvalue weighted by Gasteiger charge is -2.28. The van der Waals surface area contributed by atoms with Crippen molar-refractivity contribution < 1.29 is 4.74 Å². The molecule has 0 fully saturated rings. The van der Waals surface area contributed by atoms with Crippen LogP contribution in [-0.4, -0.2) is 40.5 Å². The van der Waals surface area contributed by atoms with Crippen LogP contribution in [-0.2, 0) is 31.7 Å². The molecule has 0 amide bonds. The van der Waals surface area contributed by atoms with E-state index in [1.165, 1.54) is 12.6 Å². The van der Waals surface area contributed by atoms with Gasteiger partial charge in [0.1, 0.15) is 6.23 Å². The van der Waals surface area contributed by atoms with Gasteiger partial charge in [-0.2, -0.15) is 0 Å². The smallest absolute Gasteiger partial charge is 0.330 e. The standard InChI is InChI=1S/C20H30N4O3/c1-15(27-4)24(13-11-16-7-9-17(21)10-8-16)12-5-6-18-14-19(25)23(3)20(26)22(18)2/h7-10,14-15H,5-6,11-13,21H2,1-4H3. The first-order valence-corrected chi connectivity index (χ1v) is 9.20. The van der Waals surface area contributed by atoms with Crippen LogP contribution in [0.4, 0.5) is 5.69 Å². The van der Waals surface area contributed by atoms with E-state index in [0.717, 1.165) is 41.9 Å². The second-order valence-electron chi connectivity index (χ2n) is 6.84. The molecule has 0 aliphatic rings. The van der Waals surface area contributed by atoms with Gasteiger partial charge in [0.05, 0.1) is 0 Å². The second kappa shape index (κ2) is 9.53. The van der Waals surface area contributed by atoms with Crippen molar-refractivity contribution in [2.45, 2.75) is 32.4 Å². The third-order valence-corrected chi connectivity index (χ3v) is 5.03. The summed E-state index contributed by atoms with van der Waals surface area (Å²) in [6.07, 6.45) is 2.39. The van der Waals surface area contributed by atoms with Crippen molar-refractivity contribution in [3.05, 3.63) is 62.4 Å². The molecule has 27 heavy (non-hydrogen) atoms. The fourth-order valence-electron chi connectivity index (χ4n) is 3.06. The van der Waals surface area contributed by atoms with Crippen LogP contribution in [0.15, 0.2) is 39.9 Å². The second-order valence-corrected chi connectivity index (χ2v) is 6.84. The van der Waals surface area contributed by atoms with Crippen LogP contribution in [0.2, 0.25) is 0 Å². The highest BCUT2D eigenvalue weighted by Crippen LogP contribution is 2.10. The van der Waals surface area contributed by atoms with E-state index >= 15 is 0 Å². The summed E-state index contributed by atoms with van der Waals surface area (Å²) in [5.41, 5.74) is 7.93. The van der Waals surface area contributed by atoms with Crippen molar-refractivity contribution in [2.75, 3.05) is 25.9 Å². The molecule has 0 spiro atoms. The van der Waals surface area contributed by atoms with Crippen molar-refractivity contribution >= 4 is 5.69 Å². The lowest BCUT2D eigenvalue weighted by molar-refractivity contribution is -0.0187. The quantitative estimate of drug-likeness (QED) is 0.526. The zero-order valence-electron chi connectivity index (χ0n) is 16.6. The summed E-state index contributed by atoms with van der Waals surface area (Å²) >= 11 is 0. The normalized spacial score (nSPS) is 12.5. The van der Waals surface area contributed by atoms with Gasteiger partial charge < -0.3 is 15.0 Å². The Labute approximate surface area is 160 Å². The Kier molecular flexibility index (Phi) is 7.38. The zero-order valence-corrected chi connectivity index (χ0v) is 16.6. The summed E-state index contributed by atoms with van der Waals surface area (Å²) in [4.78, 5) is 26.1. The highest BCUT2D eigenvalue weighted by Gasteiger charge is 2.14. The lowest BCUT2D eigenvalue weighted by Crippen LogP contribution is -2.39.